The van der Waals surface area contributed by atoms with E-state index in [4.69, 9.17) is 0 Å². The molecule has 0 aromatic rings. The van der Waals surface area contributed by atoms with E-state index in [1.54, 1.807) is 16.7 Å². The van der Waals surface area contributed by atoms with Crippen LogP contribution in [0.25, 0.3) is 0 Å². The molecule has 0 radical (unpaired) electrons. The van der Waals surface area contributed by atoms with Crippen LogP contribution in [0.2, 0.25) is 0 Å². The van der Waals surface area contributed by atoms with Crippen molar-refractivity contribution in [3.8, 4) is 0 Å². The summed E-state index contributed by atoms with van der Waals surface area (Å²) in [7, 11) is 0. The number of amides is 3. The summed E-state index contributed by atoms with van der Waals surface area (Å²) in [5.41, 5.74) is 0. The quantitative estimate of drug-likeness (QED) is 0.763. The number of carbonyl (C=O) groups excluding carboxylic acids is 3. The Kier molecular flexibility index (Phi) is 6.22. The number of likely N-dealkylation sites (tertiary alicyclic amines) is 1. The Morgan fingerprint density at radius 1 is 1.32 bits per heavy atom. The van der Waals surface area contributed by atoms with Crippen LogP contribution >= 0.6 is 11.8 Å². The molecule has 0 spiro atoms. The molecule has 3 amide bonds. The SMILES string of the molecule is CCCC(=O)N1CSCC1C(=O)N1CCCC(N2CCNCC2=O)C1. The molecule has 3 saturated heterocycles. The fourth-order valence-corrected chi connectivity index (χ4v) is 5.05. The highest BCUT2D eigenvalue weighted by Crippen LogP contribution is 2.26. The van der Waals surface area contributed by atoms with Gasteiger partial charge in [-0.15, -0.1) is 11.8 Å². The first-order chi connectivity index (χ1) is 12.1. The maximum atomic E-state index is 13.0. The van der Waals surface area contributed by atoms with Crippen LogP contribution in [0, 0.1) is 0 Å². The van der Waals surface area contributed by atoms with Crippen molar-refractivity contribution in [2.24, 2.45) is 0 Å². The molecule has 8 heteroatoms. The van der Waals surface area contributed by atoms with Gasteiger partial charge in [-0.1, -0.05) is 6.92 Å². The molecule has 0 aromatic carbocycles. The van der Waals surface area contributed by atoms with Crippen LogP contribution in [0.3, 0.4) is 0 Å². The highest BCUT2D eigenvalue weighted by molar-refractivity contribution is 7.99. The Labute approximate surface area is 153 Å². The van der Waals surface area contributed by atoms with E-state index >= 15 is 0 Å². The van der Waals surface area contributed by atoms with E-state index in [0.717, 1.165) is 32.4 Å². The molecule has 2 atom stereocenters. The summed E-state index contributed by atoms with van der Waals surface area (Å²) in [6.07, 6.45) is 3.17. The maximum Gasteiger partial charge on any atom is 0.246 e. The predicted octanol–water partition coefficient (Wildman–Crippen LogP) is 0.111. The summed E-state index contributed by atoms with van der Waals surface area (Å²) in [4.78, 5) is 43.0. The second-order valence-corrected chi connectivity index (χ2v) is 7.97. The van der Waals surface area contributed by atoms with Gasteiger partial charge in [0.25, 0.3) is 0 Å². The van der Waals surface area contributed by atoms with Crippen LogP contribution in [0.1, 0.15) is 32.6 Å². The maximum absolute atomic E-state index is 13.0. The minimum Gasteiger partial charge on any atom is -0.339 e. The van der Waals surface area contributed by atoms with Gasteiger partial charge in [-0.2, -0.15) is 0 Å². The lowest BCUT2D eigenvalue weighted by atomic mass is 10.0. The van der Waals surface area contributed by atoms with Crippen LogP contribution in [0.5, 0.6) is 0 Å². The van der Waals surface area contributed by atoms with Gasteiger partial charge < -0.3 is 20.0 Å². The van der Waals surface area contributed by atoms with Crippen molar-refractivity contribution < 1.29 is 14.4 Å². The number of carbonyl (C=O) groups is 3. The van der Waals surface area contributed by atoms with Crippen molar-refractivity contribution in [3.63, 3.8) is 0 Å². The number of nitrogens with one attached hydrogen (secondary N) is 1. The first-order valence-electron chi connectivity index (χ1n) is 9.28. The molecule has 140 valence electrons. The molecule has 0 aromatic heterocycles. The fraction of sp³-hybridized carbons (Fsp3) is 0.824. The summed E-state index contributed by atoms with van der Waals surface area (Å²) >= 11 is 1.65. The number of hydrogen-bond acceptors (Lipinski definition) is 5. The number of thioether (sulfide) groups is 1. The van der Waals surface area contributed by atoms with Gasteiger partial charge in [-0.05, 0) is 19.3 Å². The van der Waals surface area contributed by atoms with Crippen LogP contribution < -0.4 is 5.32 Å². The second-order valence-electron chi connectivity index (χ2n) is 6.97. The van der Waals surface area contributed by atoms with Crippen LogP contribution in [-0.2, 0) is 14.4 Å². The minimum atomic E-state index is -0.332. The van der Waals surface area contributed by atoms with Gasteiger partial charge in [0.1, 0.15) is 6.04 Å². The highest BCUT2D eigenvalue weighted by atomic mass is 32.2. The van der Waals surface area contributed by atoms with E-state index in [-0.39, 0.29) is 29.8 Å². The summed E-state index contributed by atoms with van der Waals surface area (Å²) in [5.74, 6) is 1.56. The lowest BCUT2D eigenvalue weighted by molar-refractivity contribution is -0.146. The number of piperidine rings is 1. The molecule has 3 fully saturated rings. The Hall–Kier alpha value is -1.28. The van der Waals surface area contributed by atoms with E-state index in [1.165, 1.54) is 0 Å². The molecule has 0 bridgehead atoms. The van der Waals surface area contributed by atoms with Gasteiger partial charge in [0.15, 0.2) is 0 Å². The zero-order valence-corrected chi connectivity index (χ0v) is 15.7. The monoisotopic (exact) mass is 368 g/mol. The summed E-state index contributed by atoms with van der Waals surface area (Å²) < 4.78 is 0. The first kappa shape index (κ1) is 18.5. The zero-order valence-electron chi connectivity index (χ0n) is 14.9. The van der Waals surface area contributed by atoms with Gasteiger partial charge in [0.2, 0.25) is 17.7 Å². The van der Waals surface area contributed by atoms with E-state index in [2.05, 4.69) is 5.32 Å². The standard InChI is InChI=1S/C17H28N4O3S/c1-2-4-15(22)21-12-25-11-14(21)17(24)19-7-3-5-13(10-19)20-8-6-18-9-16(20)23/h13-14,18H,2-12H2,1H3. The smallest absolute Gasteiger partial charge is 0.246 e. The van der Waals surface area contributed by atoms with Crippen LogP contribution in [0.15, 0.2) is 0 Å². The van der Waals surface area contributed by atoms with Crippen molar-refractivity contribution in [3.05, 3.63) is 0 Å². The molecule has 2 unspecified atom stereocenters. The number of hydrogen-bond donors (Lipinski definition) is 1. The normalized spacial score (nSPS) is 27.7. The molecular weight excluding hydrogens is 340 g/mol. The fourth-order valence-electron chi connectivity index (χ4n) is 3.88. The molecule has 3 aliphatic heterocycles. The molecule has 25 heavy (non-hydrogen) atoms. The Morgan fingerprint density at radius 2 is 2.16 bits per heavy atom. The second kappa shape index (κ2) is 8.40. The van der Waals surface area contributed by atoms with E-state index < -0.39 is 0 Å². The molecular formula is C17H28N4O3S. The van der Waals surface area contributed by atoms with Crippen molar-refractivity contribution >= 4 is 29.5 Å². The number of piperazine rings is 1. The summed E-state index contributed by atoms with van der Waals surface area (Å²) in [5, 5.41) is 3.09. The zero-order chi connectivity index (χ0) is 17.8. The van der Waals surface area contributed by atoms with Crippen molar-refractivity contribution in [2.75, 3.05) is 44.4 Å². The van der Waals surface area contributed by atoms with Crippen LogP contribution in [0.4, 0.5) is 0 Å². The van der Waals surface area contributed by atoms with Crippen molar-refractivity contribution in [2.45, 2.75) is 44.7 Å². The van der Waals surface area contributed by atoms with Gasteiger partial charge in [0.05, 0.1) is 12.4 Å². The Morgan fingerprint density at radius 3 is 2.92 bits per heavy atom. The molecule has 7 nitrogen and oxygen atoms in total. The summed E-state index contributed by atoms with van der Waals surface area (Å²) in [6.45, 7) is 5.23. The number of rotatable bonds is 4. The topological polar surface area (TPSA) is 73.0 Å². The molecule has 0 saturated carbocycles. The third-order valence-corrected chi connectivity index (χ3v) is 6.24. The number of nitrogens with zero attached hydrogens (tertiary/aromatic N) is 3. The molecule has 0 aliphatic carbocycles. The van der Waals surface area contributed by atoms with Crippen LogP contribution in [-0.4, -0.2) is 88.9 Å². The molecule has 1 N–H and O–H groups in total. The average Bonchev–Trinajstić information content (AvgIpc) is 3.11. The van der Waals surface area contributed by atoms with Crippen molar-refractivity contribution in [1.82, 2.24) is 20.0 Å². The first-order valence-corrected chi connectivity index (χ1v) is 10.4. The third kappa shape index (κ3) is 4.11. The average molecular weight is 369 g/mol. The molecule has 3 aliphatic rings. The van der Waals surface area contributed by atoms with E-state index in [9.17, 15) is 14.4 Å². The Bertz CT molecular complexity index is 530. The minimum absolute atomic E-state index is 0.0572. The molecule has 3 rings (SSSR count). The largest absolute Gasteiger partial charge is 0.339 e. The lowest BCUT2D eigenvalue weighted by Gasteiger charge is -2.42. The Balaban J connectivity index is 1.63. The van der Waals surface area contributed by atoms with Gasteiger partial charge in [0, 0.05) is 44.4 Å². The van der Waals surface area contributed by atoms with E-state index in [0.29, 0.717) is 37.7 Å². The van der Waals surface area contributed by atoms with Gasteiger partial charge in [-0.3, -0.25) is 14.4 Å². The predicted molar refractivity (Wildman–Crippen MR) is 97.1 cm³/mol. The molecule has 3 heterocycles. The van der Waals surface area contributed by atoms with Gasteiger partial charge >= 0.3 is 0 Å². The van der Waals surface area contributed by atoms with Crippen molar-refractivity contribution in [1.29, 1.82) is 0 Å². The van der Waals surface area contributed by atoms with E-state index in [1.807, 2.05) is 16.7 Å². The highest BCUT2D eigenvalue weighted by Gasteiger charge is 2.39. The van der Waals surface area contributed by atoms with Gasteiger partial charge in [-0.25, -0.2) is 0 Å². The third-order valence-electron chi connectivity index (χ3n) is 5.23. The summed E-state index contributed by atoms with van der Waals surface area (Å²) in [6, 6.07) is -0.220. The lowest BCUT2D eigenvalue weighted by Crippen LogP contribution is -2.59.